The Morgan fingerprint density at radius 2 is 2.53 bits per heavy atom. The Morgan fingerprint density at radius 3 is 3.29 bits per heavy atom. The van der Waals surface area contributed by atoms with Crippen molar-refractivity contribution in [3.8, 4) is 5.88 Å². The number of nitrogens with zero attached hydrogens (tertiary/aromatic N) is 2. The first-order chi connectivity index (χ1) is 8.38. The van der Waals surface area contributed by atoms with E-state index >= 15 is 0 Å². The third-order valence-corrected chi connectivity index (χ3v) is 3.89. The van der Waals surface area contributed by atoms with Crippen LogP contribution in [0.25, 0.3) is 0 Å². The third-order valence-electron chi connectivity index (χ3n) is 2.66. The highest BCUT2D eigenvalue weighted by Crippen LogP contribution is 2.23. The normalized spacial score (nSPS) is 19.2. The maximum atomic E-state index is 5.47. The van der Waals surface area contributed by atoms with Crippen molar-refractivity contribution in [2.24, 2.45) is 5.92 Å². The zero-order valence-corrected chi connectivity index (χ0v) is 11.0. The molecule has 1 aromatic rings. The van der Waals surface area contributed by atoms with Crippen LogP contribution >= 0.6 is 11.8 Å². The van der Waals surface area contributed by atoms with E-state index in [1.807, 2.05) is 11.8 Å². The van der Waals surface area contributed by atoms with E-state index < -0.39 is 0 Å². The SMILES string of the molecule is CCCOc1ccnc(NCC2CCSC2)n1. The predicted molar refractivity (Wildman–Crippen MR) is 71.7 cm³/mol. The molecule has 17 heavy (non-hydrogen) atoms. The lowest BCUT2D eigenvalue weighted by Crippen LogP contribution is -2.15. The van der Waals surface area contributed by atoms with Crippen LogP contribution < -0.4 is 10.1 Å². The van der Waals surface area contributed by atoms with E-state index in [-0.39, 0.29) is 0 Å². The van der Waals surface area contributed by atoms with Crippen molar-refractivity contribution in [1.82, 2.24) is 9.97 Å². The number of hydrogen-bond donors (Lipinski definition) is 1. The molecule has 1 aliphatic heterocycles. The second-order valence-electron chi connectivity index (χ2n) is 4.18. The molecule has 1 saturated heterocycles. The molecule has 1 N–H and O–H groups in total. The number of aromatic nitrogens is 2. The van der Waals surface area contributed by atoms with Gasteiger partial charge < -0.3 is 10.1 Å². The first kappa shape index (κ1) is 12.5. The van der Waals surface area contributed by atoms with Gasteiger partial charge in [-0.25, -0.2) is 4.98 Å². The van der Waals surface area contributed by atoms with Gasteiger partial charge in [-0.15, -0.1) is 0 Å². The number of anilines is 1. The first-order valence-corrected chi connectivity index (χ1v) is 7.31. The lowest BCUT2D eigenvalue weighted by molar-refractivity contribution is 0.305. The van der Waals surface area contributed by atoms with Gasteiger partial charge in [0, 0.05) is 18.8 Å². The zero-order chi connectivity index (χ0) is 11.9. The van der Waals surface area contributed by atoms with Crippen molar-refractivity contribution < 1.29 is 4.74 Å². The molecular formula is C12H19N3OS. The van der Waals surface area contributed by atoms with Crippen molar-refractivity contribution in [2.45, 2.75) is 19.8 Å². The first-order valence-electron chi connectivity index (χ1n) is 6.16. The van der Waals surface area contributed by atoms with Crippen LogP contribution in [0.2, 0.25) is 0 Å². The fraction of sp³-hybridized carbons (Fsp3) is 0.667. The van der Waals surface area contributed by atoms with E-state index in [2.05, 4.69) is 22.2 Å². The molecule has 1 atom stereocenters. The molecule has 0 aliphatic carbocycles. The van der Waals surface area contributed by atoms with Gasteiger partial charge in [0.1, 0.15) is 0 Å². The van der Waals surface area contributed by atoms with Crippen molar-refractivity contribution in [1.29, 1.82) is 0 Å². The summed E-state index contributed by atoms with van der Waals surface area (Å²) in [4.78, 5) is 8.52. The number of ether oxygens (including phenoxy) is 1. The smallest absolute Gasteiger partial charge is 0.225 e. The summed E-state index contributed by atoms with van der Waals surface area (Å²) >= 11 is 2.03. The number of rotatable bonds is 6. The highest BCUT2D eigenvalue weighted by atomic mass is 32.2. The van der Waals surface area contributed by atoms with Gasteiger partial charge in [-0.1, -0.05) is 6.92 Å². The molecular weight excluding hydrogens is 234 g/mol. The predicted octanol–water partition coefficient (Wildman–Crippen LogP) is 2.43. The maximum Gasteiger partial charge on any atom is 0.225 e. The average Bonchev–Trinajstić information content (AvgIpc) is 2.87. The van der Waals surface area contributed by atoms with E-state index in [0.29, 0.717) is 18.4 Å². The fourth-order valence-corrected chi connectivity index (χ4v) is 2.98. The van der Waals surface area contributed by atoms with E-state index in [4.69, 9.17) is 4.74 Å². The minimum absolute atomic E-state index is 0.658. The Morgan fingerprint density at radius 1 is 1.59 bits per heavy atom. The Balaban J connectivity index is 1.82. The second kappa shape index (κ2) is 6.69. The topological polar surface area (TPSA) is 47.0 Å². The van der Waals surface area contributed by atoms with Gasteiger partial charge in [-0.3, -0.25) is 0 Å². The van der Waals surface area contributed by atoms with Crippen molar-refractivity contribution >= 4 is 17.7 Å². The Labute approximate surface area is 107 Å². The van der Waals surface area contributed by atoms with Crippen molar-refractivity contribution in [2.75, 3.05) is 30.0 Å². The highest BCUT2D eigenvalue weighted by Gasteiger charge is 2.15. The molecule has 2 heterocycles. The van der Waals surface area contributed by atoms with Crippen LogP contribution in [0.1, 0.15) is 19.8 Å². The quantitative estimate of drug-likeness (QED) is 0.843. The summed E-state index contributed by atoms with van der Waals surface area (Å²) in [5, 5.41) is 3.29. The molecule has 0 bridgehead atoms. The van der Waals surface area contributed by atoms with Gasteiger partial charge in [0.25, 0.3) is 0 Å². The average molecular weight is 253 g/mol. The number of thioether (sulfide) groups is 1. The fourth-order valence-electron chi connectivity index (χ4n) is 1.69. The van der Waals surface area contributed by atoms with Crippen LogP contribution in [0.5, 0.6) is 5.88 Å². The van der Waals surface area contributed by atoms with Crippen molar-refractivity contribution in [3.63, 3.8) is 0 Å². The Kier molecular flexibility index (Phi) is 4.91. The minimum Gasteiger partial charge on any atom is -0.478 e. The minimum atomic E-state index is 0.658. The molecule has 1 fully saturated rings. The third kappa shape index (κ3) is 4.07. The van der Waals surface area contributed by atoms with Gasteiger partial charge in [0.2, 0.25) is 11.8 Å². The molecule has 0 saturated carbocycles. The van der Waals surface area contributed by atoms with E-state index in [1.165, 1.54) is 17.9 Å². The highest BCUT2D eigenvalue weighted by molar-refractivity contribution is 7.99. The van der Waals surface area contributed by atoms with Crippen LogP contribution in [0.4, 0.5) is 5.95 Å². The number of hydrogen-bond acceptors (Lipinski definition) is 5. The molecule has 2 rings (SSSR count). The Hall–Kier alpha value is -0.970. The van der Waals surface area contributed by atoms with Gasteiger partial charge >= 0.3 is 0 Å². The molecule has 1 aromatic heterocycles. The van der Waals surface area contributed by atoms with Crippen LogP contribution in [-0.2, 0) is 0 Å². The maximum absolute atomic E-state index is 5.47. The van der Waals surface area contributed by atoms with E-state index in [0.717, 1.165) is 18.9 Å². The molecule has 1 aliphatic rings. The summed E-state index contributed by atoms with van der Waals surface area (Å²) in [6.07, 6.45) is 4.03. The lowest BCUT2D eigenvalue weighted by Gasteiger charge is -2.10. The van der Waals surface area contributed by atoms with Crippen LogP contribution in [-0.4, -0.2) is 34.6 Å². The summed E-state index contributed by atoms with van der Waals surface area (Å²) < 4.78 is 5.47. The summed E-state index contributed by atoms with van der Waals surface area (Å²) in [6.45, 7) is 3.75. The van der Waals surface area contributed by atoms with Gasteiger partial charge in [0.15, 0.2) is 0 Å². The molecule has 0 amide bonds. The lowest BCUT2D eigenvalue weighted by atomic mass is 10.1. The van der Waals surface area contributed by atoms with Gasteiger partial charge in [-0.2, -0.15) is 16.7 Å². The van der Waals surface area contributed by atoms with Crippen LogP contribution in [0.3, 0.4) is 0 Å². The van der Waals surface area contributed by atoms with Gasteiger partial charge in [-0.05, 0) is 30.3 Å². The largest absolute Gasteiger partial charge is 0.478 e. The van der Waals surface area contributed by atoms with E-state index in [9.17, 15) is 0 Å². The monoisotopic (exact) mass is 253 g/mol. The Bertz CT molecular complexity index is 342. The summed E-state index contributed by atoms with van der Waals surface area (Å²) in [5.41, 5.74) is 0. The molecule has 1 unspecified atom stereocenters. The van der Waals surface area contributed by atoms with Gasteiger partial charge in [0.05, 0.1) is 6.61 Å². The molecule has 5 heteroatoms. The van der Waals surface area contributed by atoms with E-state index in [1.54, 1.807) is 12.3 Å². The summed E-state index contributed by atoms with van der Waals surface area (Å²) in [7, 11) is 0. The zero-order valence-electron chi connectivity index (χ0n) is 10.2. The molecule has 0 spiro atoms. The summed E-state index contributed by atoms with van der Waals surface area (Å²) in [5.74, 6) is 4.62. The number of nitrogens with one attached hydrogen (secondary N) is 1. The molecule has 0 aromatic carbocycles. The standard InChI is InChI=1S/C12H19N3OS/c1-2-6-16-11-3-5-13-12(15-11)14-8-10-4-7-17-9-10/h3,5,10H,2,4,6-9H2,1H3,(H,13,14,15). The molecule has 4 nitrogen and oxygen atoms in total. The van der Waals surface area contributed by atoms with Crippen LogP contribution in [0.15, 0.2) is 12.3 Å². The molecule has 0 radical (unpaired) electrons. The summed E-state index contributed by atoms with van der Waals surface area (Å²) in [6, 6.07) is 1.80. The van der Waals surface area contributed by atoms with Crippen LogP contribution in [0, 0.1) is 5.92 Å². The molecule has 94 valence electrons. The van der Waals surface area contributed by atoms with Crippen molar-refractivity contribution in [3.05, 3.63) is 12.3 Å². The second-order valence-corrected chi connectivity index (χ2v) is 5.33.